The highest BCUT2D eigenvalue weighted by molar-refractivity contribution is 5.96. The lowest BCUT2D eigenvalue weighted by molar-refractivity contribution is -0.138. The van der Waals surface area contributed by atoms with Gasteiger partial charge in [-0.3, -0.25) is 9.59 Å². The third-order valence-electron chi connectivity index (χ3n) is 3.57. The van der Waals surface area contributed by atoms with Crippen molar-refractivity contribution in [1.82, 2.24) is 4.90 Å². The molecule has 4 heteroatoms. The Labute approximate surface area is 126 Å². The third kappa shape index (κ3) is 4.31. The van der Waals surface area contributed by atoms with Gasteiger partial charge in [-0.05, 0) is 30.9 Å². The monoisotopic (exact) mass is 291 g/mol. The van der Waals surface area contributed by atoms with Gasteiger partial charge in [0.15, 0.2) is 0 Å². The van der Waals surface area contributed by atoms with Gasteiger partial charge in [-0.15, -0.1) is 0 Å². The van der Waals surface area contributed by atoms with Crippen molar-refractivity contribution < 1.29 is 14.7 Å². The maximum atomic E-state index is 12.8. The Morgan fingerprint density at radius 3 is 2.29 bits per heavy atom. The van der Waals surface area contributed by atoms with Gasteiger partial charge in [0, 0.05) is 18.2 Å². The van der Waals surface area contributed by atoms with Gasteiger partial charge in [-0.2, -0.15) is 0 Å². The van der Waals surface area contributed by atoms with Crippen LogP contribution in [0.3, 0.4) is 0 Å². The molecule has 0 aliphatic carbocycles. The normalized spacial score (nSPS) is 12.8. The number of amides is 1. The van der Waals surface area contributed by atoms with Crippen molar-refractivity contribution in [3.05, 3.63) is 35.4 Å². The minimum Gasteiger partial charge on any atom is -0.481 e. The van der Waals surface area contributed by atoms with Crippen molar-refractivity contribution in [3.63, 3.8) is 0 Å². The Kier molecular flexibility index (Phi) is 5.53. The predicted octanol–water partition coefficient (Wildman–Crippen LogP) is 3.31. The van der Waals surface area contributed by atoms with Crippen molar-refractivity contribution >= 4 is 11.9 Å². The molecular formula is C17H25NO3. The van der Waals surface area contributed by atoms with Crippen LogP contribution in [0.5, 0.6) is 0 Å². The van der Waals surface area contributed by atoms with E-state index in [4.69, 9.17) is 5.11 Å². The molecule has 0 radical (unpaired) electrons. The summed E-state index contributed by atoms with van der Waals surface area (Å²) in [6, 6.07) is 7.22. The van der Waals surface area contributed by atoms with Gasteiger partial charge in [0.2, 0.25) is 0 Å². The van der Waals surface area contributed by atoms with Crippen LogP contribution < -0.4 is 0 Å². The highest BCUT2D eigenvalue weighted by atomic mass is 16.4. The molecule has 0 aliphatic heterocycles. The van der Waals surface area contributed by atoms with Gasteiger partial charge in [0.1, 0.15) is 0 Å². The molecule has 1 atom stereocenters. The molecule has 21 heavy (non-hydrogen) atoms. The minimum absolute atomic E-state index is 0.0444. The molecule has 0 heterocycles. The van der Waals surface area contributed by atoms with E-state index in [1.807, 2.05) is 31.2 Å². The van der Waals surface area contributed by atoms with E-state index in [-0.39, 0.29) is 23.8 Å². The van der Waals surface area contributed by atoms with Gasteiger partial charge in [0.05, 0.1) is 6.42 Å². The number of carboxylic acid groups (broad SMARTS) is 1. The minimum atomic E-state index is -0.891. The average Bonchev–Trinajstić information content (AvgIpc) is 2.37. The van der Waals surface area contributed by atoms with Gasteiger partial charge >= 0.3 is 5.97 Å². The Balaban J connectivity index is 3.15. The number of hydrogen-bond acceptors (Lipinski definition) is 2. The van der Waals surface area contributed by atoms with Crippen molar-refractivity contribution in [3.8, 4) is 0 Å². The van der Waals surface area contributed by atoms with Crippen LogP contribution in [0.2, 0.25) is 0 Å². The molecule has 1 rings (SSSR count). The fourth-order valence-electron chi connectivity index (χ4n) is 2.50. The molecule has 0 aromatic heterocycles. The summed E-state index contributed by atoms with van der Waals surface area (Å²) in [6.07, 6.45) is -0.0444. The summed E-state index contributed by atoms with van der Waals surface area (Å²) in [4.78, 5) is 25.3. The van der Waals surface area contributed by atoms with E-state index in [9.17, 15) is 9.59 Å². The number of nitrogens with zero attached hydrogens (tertiary/aromatic N) is 1. The first-order valence-electron chi connectivity index (χ1n) is 7.30. The molecule has 0 fully saturated rings. The first kappa shape index (κ1) is 17.2. The van der Waals surface area contributed by atoms with Crippen LogP contribution >= 0.6 is 0 Å². The molecule has 1 aromatic carbocycles. The number of rotatable bonds is 5. The summed E-state index contributed by atoms with van der Waals surface area (Å²) in [6.45, 7) is 10.3. The zero-order chi connectivity index (χ0) is 16.2. The molecule has 0 saturated carbocycles. The van der Waals surface area contributed by atoms with Crippen LogP contribution in [-0.2, 0) is 10.2 Å². The number of carbonyl (C=O) groups excluding carboxylic acids is 1. The Morgan fingerprint density at radius 2 is 1.81 bits per heavy atom. The fourth-order valence-corrected chi connectivity index (χ4v) is 2.50. The molecule has 0 saturated heterocycles. The molecule has 1 amide bonds. The van der Waals surface area contributed by atoms with Crippen LogP contribution in [0.4, 0.5) is 0 Å². The van der Waals surface area contributed by atoms with Crippen molar-refractivity contribution in [2.24, 2.45) is 0 Å². The molecule has 116 valence electrons. The van der Waals surface area contributed by atoms with Crippen LogP contribution in [0.25, 0.3) is 0 Å². The second-order valence-electron chi connectivity index (χ2n) is 6.33. The quantitative estimate of drug-likeness (QED) is 0.905. The Bertz CT molecular complexity index is 517. The summed E-state index contributed by atoms with van der Waals surface area (Å²) in [5, 5.41) is 8.93. The summed E-state index contributed by atoms with van der Waals surface area (Å²) in [7, 11) is 0. The summed E-state index contributed by atoms with van der Waals surface area (Å²) >= 11 is 0. The predicted molar refractivity (Wildman–Crippen MR) is 83.6 cm³/mol. The molecule has 0 spiro atoms. The number of benzene rings is 1. The van der Waals surface area contributed by atoms with Crippen molar-refractivity contribution in [1.29, 1.82) is 0 Å². The second-order valence-corrected chi connectivity index (χ2v) is 6.33. The lowest BCUT2D eigenvalue weighted by atomic mass is 9.83. The van der Waals surface area contributed by atoms with Gasteiger partial charge < -0.3 is 10.0 Å². The fraction of sp³-hybridized carbons (Fsp3) is 0.529. The molecule has 1 N–H and O–H groups in total. The molecule has 1 aromatic rings. The van der Waals surface area contributed by atoms with Crippen LogP contribution in [-0.4, -0.2) is 34.5 Å². The number of carboxylic acids is 1. The molecular weight excluding hydrogens is 266 g/mol. The van der Waals surface area contributed by atoms with Gasteiger partial charge in [-0.25, -0.2) is 0 Å². The van der Waals surface area contributed by atoms with E-state index in [0.29, 0.717) is 12.1 Å². The number of hydrogen-bond donors (Lipinski definition) is 1. The topological polar surface area (TPSA) is 57.6 Å². The Hall–Kier alpha value is -1.84. The van der Waals surface area contributed by atoms with Crippen molar-refractivity contribution in [2.75, 3.05) is 6.54 Å². The largest absolute Gasteiger partial charge is 0.481 e. The molecule has 1 unspecified atom stereocenters. The molecule has 0 aliphatic rings. The lowest BCUT2D eigenvalue weighted by Gasteiger charge is -2.30. The SMILES string of the molecule is CCN(C(=O)c1ccccc1C(C)(C)C)C(C)CC(=O)O. The standard InChI is InChI=1S/C17H25NO3/c1-6-18(12(2)11-15(19)20)16(21)13-9-7-8-10-14(13)17(3,4)5/h7-10,12H,6,11H2,1-5H3,(H,19,20). The zero-order valence-corrected chi connectivity index (χ0v) is 13.5. The third-order valence-corrected chi connectivity index (χ3v) is 3.57. The van der Waals surface area contributed by atoms with Crippen LogP contribution in [0, 0.1) is 0 Å². The van der Waals surface area contributed by atoms with E-state index in [0.717, 1.165) is 5.56 Å². The summed E-state index contributed by atoms with van der Waals surface area (Å²) in [5.74, 6) is -0.991. The van der Waals surface area contributed by atoms with E-state index < -0.39 is 5.97 Å². The van der Waals surface area contributed by atoms with E-state index in [1.54, 1.807) is 11.8 Å². The maximum absolute atomic E-state index is 12.8. The van der Waals surface area contributed by atoms with Crippen molar-refractivity contribution in [2.45, 2.75) is 52.5 Å². The summed E-state index contributed by atoms with van der Waals surface area (Å²) < 4.78 is 0. The summed E-state index contributed by atoms with van der Waals surface area (Å²) in [5.41, 5.74) is 1.50. The molecule has 0 bridgehead atoms. The van der Waals surface area contributed by atoms with Gasteiger partial charge in [-0.1, -0.05) is 39.0 Å². The average molecular weight is 291 g/mol. The van der Waals surface area contributed by atoms with Crippen LogP contribution in [0.15, 0.2) is 24.3 Å². The second kappa shape index (κ2) is 6.74. The maximum Gasteiger partial charge on any atom is 0.305 e. The molecule has 4 nitrogen and oxygen atoms in total. The van der Waals surface area contributed by atoms with E-state index in [2.05, 4.69) is 20.8 Å². The first-order valence-corrected chi connectivity index (χ1v) is 7.30. The number of carbonyl (C=O) groups is 2. The highest BCUT2D eigenvalue weighted by Gasteiger charge is 2.27. The Morgan fingerprint density at radius 1 is 1.24 bits per heavy atom. The number of aliphatic carboxylic acids is 1. The van der Waals surface area contributed by atoms with E-state index in [1.165, 1.54) is 0 Å². The lowest BCUT2D eigenvalue weighted by Crippen LogP contribution is -2.40. The first-order chi connectivity index (χ1) is 9.68. The van der Waals surface area contributed by atoms with Crippen LogP contribution in [0.1, 0.15) is 57.0 Å². The highest BCUT2D eigenvalue weighted by Crippen LogP contribution is 2.27. The van der Waals surface area contributed by atoms with Gasteiger partial charge in [0.25, 0.3) is 5.91 Å². The van der Waals surface area contributed by atoms with E-state index >= 15 is 0 Å². The zero-order valence-electron chi connectivity index (χ0n) is 13.5. The smallest absolute Gasteiger partial charge is 0.305 e.